The van der Waals surface area contributed by atoms with Gasteiger partial charge in [0, 0.05) is 19.0 Å². The molecule has 0 bridgehead atoms. The Morgan fingerprint density at radius 3 is 2.62 bits per heavy atom. The topological polar surface area (TPSA) is 59.8 Å². The molecule has 9 heteroatoms. The Bertz CT molecular complexity index is 800. The van der Waals surface area contributed by atoms with Crippen molar-refractivity contribution < 1.29 is 31.5 Å². The molecule has 0 aliphatic heterocycles. The molecule has 1 aromatic heterocycles. The molecule has 0 saturated carbocycles. The third-order valence-corrected chi connectivity index (χ3v) is 3.15. The van der Waals surface area contributed by atoms with Gasteiger partial charge in [-0.05, 0) is 24.3 Å². The predicted octanol–water partition coefficient (Wildman–Crippen LogP) is 2.58. The lowest BCUT2D eigenvalue weighted by molar-refractivity contribution is -0.141. The van der Waals surface area contributed by atoms with Crippen molar-refractivity contribution in [3.63, 3.8) is 0 Å². The van der Waals surface area contributed by atoms with Gasteiger partial charge in [0.1, 0.15) is 23.5 Å². The third kappa shape index (κ3) is 4.31. The summed E-state index contributed by atoms with van der Waals surface area (Å²) < 4.78 is 60.7. The monoisotopic (exact) mass is 347 g/mol. The van der Waals surface area contributed by atoms with Crippen LogP contribution in [0.5, 0.6) is 0 Å². The number of methoxy groups -OCH3 is 1. The van der Waals surface area contributed by atoms with Gasteiger partial charge in [0.15, 0.2) is 0 Å². The third-order valence-electron chi connectivity index (χ3n) is 3.15. The van der Waals surface area contributed by atoms with E-state index in [1.807, 2.05) is 0 Å². The summed E-state index contributed by atoms with van der Waals surface area (Å²) in [5.41, 5.74) is -1.67. The van der Waals surface area contributed by atoms with Crippen molar-refractivity contribution in [2.24, 2.45) is 0 Å². The van der Waals surface area contributed by atoms with Crippen molar-refractivity contribution in [3.05, 3.63) is 46.1 Å². The van der Waals surface area contributed by atoms with E-state index in [9.17, 15) is 27.2 Å². The average molecular weight is 347 g/mol. The van der Waals surface area contributed by atoms with Crippen LogP contribution in [0.1, 0.15) is 10.4 Å². The van der Waals surface area contributed by atoms with Gasteiger partial charge in [0.05, 0.1) is 6.61 Å². The van der Waals surface area contributed by atoms with Crippen LogP contribution in [0.4, 0.5) is 17.6 Å². The van der Waals surface area contributed by atoms with Crippen LogP contribution in [0, 0.1) is 5.82 Å². The standard InChI is InChI=1S/C15H13F4NO4/c1-23-5-4-20(8-15(17,18)19)13(21)11-7-9-6-10(16)2-3-12(9)24-14(11)22/h2-3,6-7H,4-5,8H2,1H3. The van der Waals surface area contributed by atoms with Crippen molar-refractivity contribution in [2.45, 2.75) is 6.18 Å². The van der Waals surface area contributed by atoms with Crippen LogP contribution in [-0.4, -0.2) is 43.8 Å². The number of hydrogen-bond acceptors (Lipinski definition) is 4. The molecule has 5 nitrogen and oxygen atoms in total. The van der Waals surface area contributed by atoms with Crippen LogP contribution >= 0.6 is 0 Å². The molecule has 130 valence electrons. The van der Waals surface area contributed by atoms with E-state index in [1.54, 1.807) is 0 Å². The number of amides is 1. The van der Waals surface area contributed by atoms with Crippen LogP contribution < -0.4 is 5.63 Å². The summed E-state index contributed by atoms with van der Waals surface area (Å²) in [5, 5.41) is 0.0941. The Hall–Kier alpha value is -2.42. The van der Waals surface area contributed by atoms with E-state index in [1.165, 1.54) is 13.2 Å². The molecule has 24 heavy (non-hydrogen) atoms. The number of carbonyl (C=O) groups excluding carboxylic acids is 1. The number of halogens is 4. The zero-order valence-electron chi connectivity index (χ0n) is 12.5. The maximum atomic E-state index is 13.2. The van der Waals surface area contributed by atoms with E-state index in [0.29, 0.717) is 4.90 Å². The van der Waals surface area contributed by atoms with Gasteiger partial charge in [0.2, 0.25) is 0 Å². The minimum absolute atomic E-state index is 0.0252. The largest absolute Gasteiger partial charge is 0.422 e. The van der Waals surface area contributed by atoms with Crippen LogP contribution in [-0.2, 0) is 4.74 Å². The van der Waals surface area contributed by atoms with Gasteiger partial charge in [-0.2, -0.15) is 13.2 Å². The highest BCUT2D eigenvalue weighted by Crippen LogP contribution is 2.19. The predicted molar refractivity (Wildman–Crippen MR) is 76.3 cm³/mol. The molecule has 0 atom stereocenters. The molecule has 0 aliphatic rings. The first kappa shape index (κ1) is 17.9. The molecule has 0 saturated heterocycles. The lowest BCUT2D eigenvalue weighted by Crippen LogP contribution is -2.42. The summed E-state index contributed by atoms with van der Waals surface area (Å²) >= 11 is 0. The normalized spacial score (nSPS) is 11.7. The second-order valence-corrected chi connectivity index (χ2v) is 4.96. The van der Waals surface area contributed by atoms with Gasteiger partial charge in [0.25, 0.3) is 5.91 Å². The molecule has 1 amide bonds. The van der Waals surface area contributed by atoms with Gasteiger partial charge in [-0.3, -0.25) is 4.79 Å². The summed E-state index contributed by atoms with van der Waals surface area (Å²) in [5.74, 6) is -1.80. The van der Waals surface area contributed by atoms with E-state index in [2.05, 4.69) is 4.74 Å². The van der Waals surface area contributed by atoms with E-state index in [-0.39, 0.29) is 24.1 Å². The molecular weight excluding hydrogens is 334 g/mol. The zero-order valence-corrected chi connectivity index (χ0v) is 12.5. The first-order chi connectivity index (χ1) is 11.2. The molecule has 0 N–H and O–H groups in total. The lowest BCUT2D eigenvalue weighted by atomic mass is 10.1. The minimum Gasteiger partial charge on any atom is -0.422 e. The summed E-state index contributed by atoms with van der Waals surface area (Å²) in [7, 11) is 1.27. The maximum Gasteiger partial charge on any atom is 0.406 e. The second kappa shape index (κ2) is 7.00. The average Bonchev–Trinajstić information content (AvgIpc) is 2.49. The van der Waals surface area contributed by atoms with Crippen molar-refractivity contribution in [1.29, 1.82) is 0 Å². The number of fused-ring (bicyclic) bond motifs is 1. The Balaban J connectivity index is 2.42. The van der Waals surface area contributed by atoms with Crippen LogP contribution in [0.2, 0.25) is 0 Å². The molecule has 0 aliphatic carbocycles. The highest BCUT2D eigenvalue weighted by molar-refractivity contribution is 5.96. The smallest absolute Gasteiger partial charge is 0.406 e. The van der Waals surface area contributed by atoms with Crippen molar-refractivity contribution in [3.8, 4) is 0 Å². The highest BCUT2D eigenvalue weighted by Gasteiger charge is 2.34. The number of rotatable bonds is 5. The van der Waals surface area contributed by atoms with Gasteiger partial charge in [-0.15, -0.1) is 0 Å². The number of ether oxygens (including phenoxy) is 1. The first-order valence-electron chi connectivity index (χ1n) is 6.79. The van der Waals surface area contributed by atoms with E-state index >= 15 is 0 Å². The van der Waals surface area contributed by atoms with E-state index in [4.69, 9.17) is 4.42 Å². The molecule has 0 fully saturated rings. The Morgan fingerprint density at radius 1 is 1.29 bits per heavy atom. The number of hydrogen-bond donors (Lipinski definition) is 0. The molecule has 0 radical (unpaired) electrons. The van der Waals surface area contributed by atoms with Crippen LogP contribution in [0.3, 0.4) is 0 Å². The number of nitrogens with zero attached hydrogens (tertiary/aromatic N) is 1. The van der Waals surface area contributed by atoms with Gasteiger partial charge >= 0.3 is 11.8 Å². The molecule has 0 spiro atoms. The summed E-state index contributed by atoms with van der Waals surface area (Å²) in [6, 6.07) is 4.28. The first-order valence-corrected chi connectivity index (χ1v) is 6.79. The molecule has 2 aromatic rings. The quantitative estimate of drug-likeness (QED) is 0.616. The molecule has 1 heterocycles. The molecule has 2 rings (SSSR count). The van der Waals surface area contributed by atoms with Crippen molar-refractivity contribution in [1.82, 2.24) is 4.90 Å². The lowest BCUT2D eigenvalue weighted by Gasteiger charge is -2.23. The summed E-state index contributed by atoms with van der Waals surface area (Å²) in [6.45, 7) is -2.05. The Morgan fingerprint density at radius 2 is 2.00 bits per heavy atom. The molecule has 0 unspecified atom stereocenters. The molecular formula is C15H13F4NO4. The molecule has 1 aromatic carbocycles. The van der Waals surface area contributed by atoms with E-state index < -0.39 is 35.6 Å². The van der Waals surface area contributed by atoms with Crippen LogP contribution in [0.15, 0.2) is 33.5 Å². The highest BCUT2D eigenvalue weighted by atomic mass is 19.4. The van der Waals surface area contributed by atoms with Gasteiger partial charge < -0.3 is 14.1 Å². The Labute approximate surface area is 133 Å². The SMILES string of the molecule is COCCN(CC(F)(F)F)C(=O)c1cc2cc(F)ccc2oc1=O. The van der Waals surface area contributed by atoms with Gasteiger partial charge in [-0.1, -0.05) is 0 Å². The number of carbonyl (C=O) groups is 1. The van der Waals surface area contributed by atoms with Crippen molar-refractivity contribution in [2.75, 3.05) is 26.8 Å². The van der Waals surface area contributed by atoms with Crippen molar-refractivity contribution >= 4 is 16.9 Å². The summed E-state index contributed by atoms with van der Waals surface area (Å²) in [4.78, 5) is 24.6. The fraction of sp³-hybridized carbons (Fsp3) is 0.333. The second-order valence-electron chi connectivity index (χ2n) is 4.96. The fourth-order valence-corrected chi connectivity index (χ4v) is 2.08. The number of alkyl halides is 3. The number of benzene rings is 1. The van der Waals surface area contributed by atoms with Gasteiger partial charge in [-0.25, -0.2) is 9.18 Å². The Kier molecular flexibility index (Phi) is 5.23. The van der Waals surface area contributed by atoms with Crippen LogP contribution in [0.25, 0.3) is 11.0 Å². The maximum absolute atomic E-state index is 13.2. The van der Waals surface area contributed by atoms with E-state index in [0.717, 1.165) is 18.2 Å². The minimum atomic E-state index is -4.65. The summed E-state index contributed by atoms with van der Waals surface area (Å²) in [6.07, 6.45) is -4.65. The zero-order chi connectivity index (χ0) is 17.9. The fourth-order valence-electron chi connectivity index (χ4n) is 2.08.